The van der Waals surface area contributed by atoms with Gasteiger partial charge in [0.25, 0.3) is 5.56 Å². The number of alkyl halides is 3. The van der Waals surface area contributed by atoms with E-state index in [1.165, 1.54) is 11.9 Å². The molecule has 3 atom stereocenters. The Balaban J connectivity index is 1.66. The van der Waals surface area contributed by atoms with Crippen LogP contribution >= 0.6 is 0 Å². The summed E-state index contributed by atoms with van der Waals surface area (Å²) in [6.45, 7) is 7.92. The largest absolute Gasteiger partial charge is 0.404 e. The van der Waals surface area contributed by atoms with E-state index in [0.29, 0.717) is 30.5 Å². The molecule has 0 amide bonds. The molecular formula is C28H34F3N3O2. The third kappa shape index (κ3) is 4.88. The van der Waals surface area contributed by atoms with Gasteiger partial charge in [-0.3, -0.25) is 14.5 Å². The van der Waals surface area contributed by atoms with Crippen molar-refractivity contribution in [2.75, 3.05) is 13.6 Å². The Morgan fingerprint density at radius 1 is 1.19 bits per heavy atom. The van der Waals surface area contributed by atoms with Gasteiger partial charge in [-0.15, -0.1) is 0 Å². The van der Waals surface area contributed by atoms with E-state index in [1.807, 2.05) is 58.0 Å². The fraction of sp³-hybridized carbons (Fsp3) is 0.500. The van der Waals surface area contributed by atoms with Crippen LogP contribution in [-0.4, -0.2) is 46.0 Å². The summed E-state index contributed by atoms with van der Waals surface area (Å²) in [6, 6.07) is 7.83. The zero-order valence-electron chi connectivity index (χ0n) is 21.5. The zero-order valence-corrected chi connectivity index (χ0v) is 21.5. The number of H-pyrrole nitrogens is 1. The average molecular weight is 502 g/mol. The molecule has 0 aliphatic carbocycles. The van der Waals surface area contributed by atoms with E-state index in [-0.39, 0.29) is 36.1 Å². The number of likely N-dealkylation sites (tertiary alicyclic amines) is 1. The number of para-hydroxylation sites is 1. The van der Waals surface area contributed by atoms with Crippen molar-refractivity contribution in [3.05, 3.63) is 68.8 Å². The molecule has 0 unspecified atom stereocenters. The van der Waals surface area contributed by atoms with Gasteiger partial charge in [-0.25, -0.2) is 0 Å². The number of hydrogen-bond donors (Lipinski definition) is 1. The molecule has 1 aromatic carbocycles. The number of nitrogens with one attached hydrogen (secondary N) is 1. The Morgan fingerprint density at radius 2 is 1.89 bits per heavy atom. The number of aromatic amines is 1. The molecule has 0 radical (unpaired) electrons. The van der Waals surface area contributed by atoms with Crippen LogP contribution in [0.5, 0.6) is 0 Å². The first-order chi connectivity index (χ1) is 16.9. The molecule has 4 rings (SSSR count). The molecule has 3 heterocycles. The van der Waals surface area contributed by atoms with Crippen LogP contribution in [-0.2, 0) is 6.42 Å². The summed E-state index contributed by atoms with van der Waals surface area (Å²) in [4.78, 5) is 30.1. The van der Waals surface area contributed by atoms with Crippen LogP contribution < -0.4 is 5.56 Å². The molecule has 1 aliphatic rings. The number of piperidine rings is 1. The summed E-state index contributed by atoms with van der Waals surface area (Å²) < 4.78 is 43.0. The highest BCUT2D eigenvalue weighted by Crippen LogP contribution is 2.40. The lowest BCUT2D eigenvalue weighted by molar-refractivity contribution is -0.192. The highest BCUT2D eigenvalue weighted by Gasteiger charge is 2.46. The van der Waals surface area contributed by atoms with Crippen LogP contribution in [0.25, 0.3) is 10.9 Å². The van der Waals surface area contributed by atoms with Gasteiger partial charge in [-0.05, 0) is 84.2 Å². The van der Waals surface area contributed by atoms with E-state index in [9.17, 15) is 22.8 Å². The van der Waals surface area contributed by atoms with E-state index in [1.54, 1.807) is 0 Å². The maximum atomic E-state index is 13.7. The fourth-order valence-corrected chi connectivity index (χ4v) is 5.97. The summed E-state index contributed by atoms with van der Waals surface area (Å²) in [5, 5.41) is 0.807. The number of halogens is 3. The first-order valence-corrected chi connectivity index (χ1v) is 12.5. The van der Waals surface area contributed by atoms with Gasteiger partial charge in [-0.2, -0.15) is 13.2 Å². The van der Waals surface area contributed by atoms with Crippen molar-refractivity contribution in [2.45, 2.75) is 71.6 Å². The minimum absolute atomic E-state index is 0.0336. The molecule has 0 saturated carbocycles. The highest BCUT2D eigenvalue weighted by molar-refractivity contribution is 6.09. The summed E-state index contributed by atoms with van der Waals surface area (Å²) in [5.41, 5.74) is 4.30. The molecule has 0 spiro atoms. The third-order valence-corrected chi connectivity index (χ3v) is 7.91. The number of carbonyl (C=O) groups excluding carboxylic acids is 1. The number of Topliss-reactive ketones (excluding diaryl/α,β-unsaturated/α-hetero) is 1. The first kappa shape index (κ1) is 26.2. The van der Waals surface area contributed by atoms with Gasteiger partial charge in [0, 0.05) is 45.9 Å². The molecule has 1 aliphatic heterocycles. The smallest absolute Gasteiger partial charge is 0.341 e. The lowest BCUT2D eigenvalue weighted by Crippen LogP contribution is -2.49. The minimum Gasteiger partial charge on any atom is -0.341 e. The van der Waals surface area contributed by atoms with Crippen molar-refractivity contribution < 1.29 is 18.0 Å². The van der Waals surface area contributed by atoms with Crippen LogP contribution in [0.3, 0.4) is 0 Å². The Hall–Kier alpha value is -2.87. The maximum Gasteiger partial charge on any atom is 0.404 e. The monoisotopic (exact) mass is 501 g/mol. The van der Waals surface area contributed by atoms with Crippen LogP contribution in [0.15, 0.2) is 35.1 Å². The van der Waals surface area contributed by atoms with E-state index in [4.69, 9.17) is 0 Å². The standard InChI is InChI=1S/C28H34F3N3O2/c1-16-14-17(2)32-27(36)21(16)10-11-24(35)26-19(4)34(23-9-7-6-8-22(23)26)18(3)20-12-13-33(5)25(15-20)28(29,30)31/h6-9,14,18,20,25H,10-13,15H2,1-5H3,(H,32,36)/t18-,20-,25+/m0/s1. The van der Waals surface area contributed by atoms with Gasteiger partial charge >= 0.3 is 6.18 Å². The third-order valence-electron chi connectivity index (χ3n) is 7.91. The molecular weight excluding hydrogens is 467 g/mol. The van der Waals surface area contributed by atoms with Gasteiger partial charge in [0.2, 0.25) is 0 Å². The van der Waals surface area contributed by atoms with Crippen LogP contribution in [0, 0.1) is 26.7 Å². The minimum atomic E-state index is -4.27. The summed E-state index contributed by atoms with van der Waals surface area (Å²) >= 11 is 0. The number of ketones is 1. The Morgan fingerprint density at radius 3 is 2.56 bits per heavy atom. The van der Waals surface area contributed by atoms with Gasteiger partial charge in [0.05, 0.1) is 0 Å². The highest BCUT2D eigenvalue weighted by atomic mass is 19.4. The number of hydrogen-bond acceptors (Lipinski definition) is 3. The van der Waals surface area contributed by atoms with E-state index in [0.717, 1.165) is 27.9 Å². The molecule has 8 heteroatoms. The quantitative estimate of drug-likeness (QED) is 0.428. The van der Waals surface area contributed by atoms with Crippen LogP contribution in [0.2, 0.25) is 0 Å². The number of rotatable bonds is 6. The second kappa shape index (κ2) is 9.88. The second-order valence-electron chi connectivity index (χ2n) is 10.3. The Labute approximate surface area is 209 Å². The zero-order chi connectivity index (χ0) is 26.4. The van der Waals surface area contributed by atoms with Crippen molar-refractivity contribution in [3.8, 4) is 0 Å². The lowest BCUT2D eigenvalue weighted by Gasteiger charge is -2.40. The Bertz CT molecular complexity index is 1340. The molecule has 1 saturated heterocycles. The number of carbonyl (C=O) groups is 1. The van der Waals surface area contributed by atoms with Crippen molar-refractivity contribution >= 4 is 16.7 Å². The number of benzene rings is 1. The van der Waals surface area contributed by atoms with Gasteiger partial charge < -0.3 is 9.55 Å². The van der Waals surface area contributed by atoms with Gasteiger partial charge in [-0.1, -0.05) is 18.2 Å². The molecule has 1 fully saturated rings. The number of pyridine rings is 1. The summed E-state index contributed by atoms with van der Waals surface area (Å²) in [7, 11) is 1.53. The first-order valence-electron chi connectivity index (χ1n) is 12.5. The van der Waals surface area contributed by atoms with Crippen LogP contribution in [0.1, 0.15) is 65.1 Å². The fourth-order valence-electron chi connectivity index (χ4n) is 5.97. The van der Waals surface area contributed by atoms with E-state index in [2.05, 4.69) is 9.55 Å². The van der Waals surface area contributed by atoms with Gasteiger partial charge in [0.15, 0.2) is 5.78 Å². The van der Waals surface area contributed by atoms with Crippen molar-refractivity contribution in [2.24, 2.45) is 5.92 Å². The van der Waals surface area contributed by atoms with Crippen molar-refractivity contribution in [1.82, 2.24) is 14.5 Å². The number of nitrogens with zero attached hydrogens (tertiary/aromatic N) is 2. The van der Waals surface area contributed by atoms with Gasteiger partial charge in [0.1, 0.15) is 6.04 Å². The predicted molar refractivity (Wildman–Crippen MR) is 136 cm³/mol. The summed E-state index contributed by atoms with van der Waals surface area (Å²) in [5.74, 6) is -0.232. The maximum absolute atomic E-state index is 13.7. The number of aryl methyl sites for hydroxylation is 2. The molecule has 36 heavy (non-hydrogen) atoms. The molecule has 5 nitrogen and oxygen atoms in total. The normalized spacial score (nSPS) is 20.1. The van der Waals surface area contributed by atoms with Crippen LogP contribution in [0.4, 0.5) is 13.2 Å². The SMILES string of the molecule is Cc1cc(C)c(CCC(=O)c2c(C)n([C@@H](C)[C@H]3CCN(C)[C@@H](C(F)(F)F)C3)c3ccccc23)c(=O)[nH]1. The molecule has 194 valence electrons. The number of fused-ring (bicyclic) bond motifs is 1. The topological polar surface area (TPSA) is 58.1 Å². The lowest BCUT2D eigenvalue weighted by atomic mass is 9.85. The Kier molecular flexibility index (Phi) is 7.19. The van der Waals surface area contributed by atoms with Crippen molar-refractivity contribution in [1.29, 1.82) is 0 Å². The second-order valence-corrected chi connectivity index (χ2v) is 10.3. The van der Waals surface area contributed by atoms with E-state index >= 15 is 0 Å². The van der Waals surface area contributed by atoms with Crippen molar-refractivity contribution in [3.63, 3.8) is 0 Å². The molecule has 2 aromatic heterocycles. The molecule has 3 aromatic rings. The molecule has 1 N–H and O–H groups in total. The van der Waals surface area contributed by atoms with E-state index < -0.39 is 12.2 Å². The molecule has 0 bridgehead atoms. The predicted octanol–water partition coefficient (Wildman–Crippen LogP) is 5.90. The number of aromatic nitrogens is 2. The summed E-state index contributed by atoms with van der Waals surface area (Å²) in [6.07, 6.45) is -3.06. The average Bonchev–Trinajstić information content (AvgIpc) is 3.09.